The minimum absolute atomic E-state index is 0.00606. The van der Waals surface area contributed by atoms with Crippen molar-refractivity contribution in [1.82, 2.24) is 19.8 Å². The van der Waals surface area contributed by atoms with Crippen LogP contribution in [-0.2, 0) is 17.9 Å². The highest BCUT2D eigenvalue weighted by Gasteiger charge is 2.28. The van der Waals surface area contributed by atoms with E-state index in [4.69, 9.17) is 0 Å². The summed E-state index contributed by atoms with van der Waals surface area (Å²) in [5, 5.41) is 13.3. The van der Waals surface area contributed by atoms with Crippen LogP contribution in [0, 0.1) is 0 Å². The Balaban J connectivity index is 1.42. The van der Waals surface area contributed by atoms with Gasteiger partial charge in [-0.05, 0) is 30.2 Å². The number of hydrogen-bond acceptors (Lipinski definition) is 4. The molecule has 2 atom stereocenters. The van der Waals surface area contributed by atoms with Crippen LogP contribution in [0.5, 0.6) is 0 Å². The van der Waals surface area contributed by atoms with E-state index in [0.717, 1.165) is 25.1 Å². The molecule has 2 aromatic heterocycles. The lowest BCUT2D eigenvalue weighted by Gasteiger charge is -2.36. The largest absolute Gasteiger partial charge is 0.390 e. The van der Waals surface area contributed by atoms with Crippen molar-refractivity contribution >= 4 is 5.91 Å². The van der Waals surface area contributed by atoms with Crippen molar-refractivity contribution < 1.29 is 9.90 Å². The Morgan fingerprint density at radius 3 is 2.88 bits per heavy atom. The molecule has 128 valence electrons. The summed E-state index contributed by atoms with van der Waals surface area (Å²) in [6.45, 7) is 2.86. The van der Waals surface area contributed by atoms with Crippen molar-refractivity contribution in [2.45, 2.75) is 38.1 Å². The zero-order valence-electron chi connectivity index (χ0n) is 13.7. The lowest BCUT2D eigenvalue weighted by molar-refractivity contribution is -0.123. The number of pyridine rings is 1. The fourth-order valence-electron chi connectivity index (χ4n) is 3.09. The maximum absolute atomic E-state index is 12.1. The lowest BCUT2D eigenvalue weighted by atomic mass is 10.0. The molecule has 3 heterocycles. The predicted octanol–water partition coefficient (Wildman–Crippen LogP) is 1.02. The van der Waals surface area contributed by atoms with Gasteiger partial charge in [-0.3, -0.25) is 14.7 Å². The molecule has 2 aromatic rings. The number of aliphatic hydroxyl groups excluding tert-OH is 1. The summed E-state index contributed by atoms with van der Waals surface area (Å²) in [4.78, 5) is 18.4. The van der Waals surface area contributed by atoms with Crippen molar-refractivity contribution in [3.8, 4) is 0 Å². The number of aromatic nitrogens is 2. The molecule has 0 unspecified atom stereocenters. The molecule has 1 fully saturated rings. The van der Waals surface area contributed by atoms with Crippen LogP contribution >= 0.6 is 0 Å². The maximum atomic E-state index is 12.1. The van der Waals surface area contributed by atoms with Crippen molar-refractivity contribution in [3.05, 3.63) is 54.6 Å². The number of β-amino-alcohol motifs (C(OH)–C–C–N with tert-alkyl or cyclic N) is 1. The van der Waals surface area contributed by atoms with Gasteiger partial charge in [0.2, 0.25) is 5.91 Å². The fourth-order valence-corrected chi connectivity index (χ4v) is 3.09. The topological polar surface area (TPSA) is 70.4 Å². The molecule has 1 aliphatic heterocycles. The van der Waals surface area contributed by atoms with Gasteiger partial charge in [-0.1, -0.05) is 6.07 Å². The van der Waals surface area contributed by atoms with E-state index in [9.17, 15) is 9.90 Å². The molecule has 3 rings (SSSR count). The quantitative estimate of drug-likeness (QED) is 0.831. The van der Waals surface area contributed by atoms with Gasteiger partial charge >= 0.3 is 0 Å². The molecule has 1 saturated heterocycles. The molecule has 1 aliphatic rings. The number of amides is 1. The number of aliphatic hydroxyl groups is 1. The second-order valence-corrected chi connectivity index (χ2v) is 6.30. The summed E-state index contributed by atoms with van der Waals surface area (Å²) in [5.74, 6) is -0.00606. The molecular weight excluding hydrogens is 304 g/mol. The van der Waals surface area contributed by atoms with Crippen LogP contribution in [0.15, 0.2) is 49.1 Å². The summed E-state index contributed by atoms with van der Waals surface area (Å²) < 4.78 is 1.98. The Bertz CT molecular complexity index is 630. The summed E-state index contributed by atoms with van der Waals surface area (Å²) in [6.07, 6.45) is 8.15. The van der Waals surface area contributed by atoms with Crippen LogP contribution < -0.4 is 5.32 Å². The maximum Gasteiger partial charge on any atom is 0.222 e. The number of carbonyl (C=O) groups excluding carboxylic acids is 1. The molecule has 0 bridgehead atoms. The Morgan fingerprint density at radius 2 is 2.17 bits per heavy atom. The zero-order valence-corrected chi connectivity index (χ0v) is 13.7. The molecular formula is C18H24N4O2. The minimum atomic E-state index is -0.536. The Morgan fingerprint density at radius 1 is 1.33 bits per heavy atom. The van der Waals surface area contributed by atoms with Crippen LogP contribution in [0.2, 0.25) is 0 Å². The first-order chi connectivity index (χ1) is 11.7. The second-order valence-electron chi connectivity index (χ2n) is 6.30. The van der Waals surface area contributed by atoms with Crippen LogP contribution in [0.25, 0.3) is 0 Å². The second kappa shape index (κ2) is 8.08. The normalized spacial score (nSPS) is 21.5. The van der Waals surface area contributed by atoms with Crippen LogP contribution in [0.3, 0.4) is 0 Å². The van der Waals surface area contributed by atoms with E-state index in [1.165, 1.54) is 0 Å². The standard InChI is InChI=1S/C18H24N4O2/c23-17-14-22(13-15-4-3-7-19-12-15)10-5-16(17)20-18(24)6-11-21-8-1-2-9-21/h1-4,7-9,12,16-17,23H,5-6,10-11,13-14H2,(H,20,24)/t16-,17-/m1/s1. The van der Waals surface area contributed by atoms with Gasteiger partial charge in [0.25, 0.3) is 0 Å². The van der Waals surface area contributed by atoms with E-state index < -0.39 is 6.10 Å². The van der Waals surface area contributed by atoms with E-state index in [1.807, 2.05) is 47.4 Å². The van der Waals surface area contributed by atoms with E-state index in [0.29, 0.717) is 19.5 Å². The number of rotatable bonds is 6. The predicted molar refractivity (Wildman–Crippen MR) is 91.1 cm³/mol. The number of nitrogens with zero attached hydrogens (tertiary/aromatic N) is 3. The first-order valence-electron chi connectivity index (χ1n) is 8.40. The average molecular weight is 328 g/mol. The van der Waals surface area contributed by atoms with Gasteiger partial charge in [-0.2, -0.15) is 0 Å². The molecule has 24 heavy (non-hydrogen) atoms. The molecule has 6 nitrogen and oxygen atoms in total. The average Bonchev–Trinajstić information content (AvgIpc) is 3.10. The highest BCUT2D eigenvalue weighted by atomic mass is 16.3. The number of piperidine rings is 1. The van der Waals surface area contributed by atoms with E-state index in [-0.39, 0.29) is 11.9 Å². The molecule has 2 N–H and O–H groups in total. The minimum Gasteiger partial charge on any atom is -0.390 e. The van der Waals surface area contributed by atoms with Gasteiger partial charge in [-0.15, -0.1) is 0 Å². The van der Waals surface area contributed by atoms with Gasteiger partial charge in [-0.25, -0.2) is 0 Å². The van der Waals surface area contributed by atoms with Crippen molar-refractivity contribution in [1.29, 1.82) is 0 Å². The third-order valence-corrected chi connectivity index (χ3v) is 4.40. The SMILES string of the molecule is O=C(CCn1cccc1)N[C@@H]1CCN(Cc2cccnc2)C[C@H]1O. The van der Waals surface area contributed by atoms with Crippen molar-refractivity contribution in [2.75, 3.05) is 13.1 Å². The fraction of sp³-hybridized carbons (Fsp3) is 0.444. The summed E-state index contributed by atoms with van der Waals surface area (Å²) >= 11 is 0. The summed E-state index contributed by atoms with van der Waals surface area (Å²) in [7, 11) is 0. The number of aryl methyl sites for hydroxylation is 1. The van der Waals surface area contributed by atoms with Crippen molar-refractivity contribution in [2.24, 2.45) is 0 Å². The van der Waals surface area contributed by atoms with Gasteiger partial charge in [0, 0.05) is 57.4 Å². The third kappa shape index (κ3) is 4.66. The van der Waals surface area contributed by atoms with Gasteiger partial charge < -0.3 is 15.0 Å². The van der Waals surface area contributed by atoms with Crippen LogP contribution in [0.4, 0.5) is 0 Å². The van der Waals surface area contributed by atoms with E-state index in [2.05, 4.69) is 15.2 Å². The number of nitrogens with one attached hydrogen (secondary N) is 1. The highest BCUT2D eigenvalue weighted by molar-refractivity contribution is 5.76. The Kier molecular flexibility index (Phi) is 5.61. The Hall–Kier alpha value is -2.18. The number of hydrogen-bond donors (Lipinski definition) is 2. The monoisotopic (exact) mass is 328 g/mol. The van der Waals surface area contributed by atoms with Crippen LogP contribution in [0.1, 0.15) is 18.4 Å². The molecule has 1 amide bonds. The number of likely N-dealkylation sites (tertiary alicyclic amines) is 1. The first-order valence-corrected chi connectivity index (χ1v) is 8.40. The molecule has 0 spiro atoms. The molecule has 6 heteroatoms. The highest BCUT2D eigenvalue weighted by Crippen LogP contribution is 2.14. The third-order valence-electron chi connectivity index (χ3n) is 4.40. The smallest absolute Gasteiger partial charge is 0.222 e. The lowest BCUT2D eigenvalue weighted by Crippen LogP contribution is -2.53. The van der Waals surface area contributed by atoms with Crippen molar-refractivity contribution in [3.63, 3.8) is 0 Å². The molecule has 0 aliphatic carbocycles. The molecule has 0 saturated carbocycles. The summed E-state index contributed by atoms with van der Waals surface area (Å²) in [5.41, 5.74) is 1.14. The zero-order chi connectivity index (χ0) is 16.8. The van der Waals surface area contributed by atoms with Gasteiger partial charge in [0.1, 0.15) is 0 Å². The van der Waals surface area contributed by atoms with Crippen LogP contribution in [-0.4, -0.2) is 50.7 Å². The molecule has 0 aromatic carbocycles. The summed E-state index contributed by atoms with van der Waals surface area (Å²) in [6, 6.07) is 7.68. The number of carbonyl (C=O) groups is 1. The van der Waals surface area contributed by atoms with Gasteiger partial charge in [0.15, 0.2) is 0 Å². The van der Waals surface area contributed by atoms with E-state index >= 15 is 0 Å². The first kappa shape index (κ1) is 16.7. The molecule has 0 radical (unpaired) electrons. The van der Waals surface area contributed by atoms with E-state index in [1.54, 1.807) is 6.20 Å². The van der Waals surface area contributed by atoms with Gasteiger partial charge in [0.05, 0.1) is 12.1 Å². The Labute approximate surface area is 142 Å².